The minimum absolute atomic E-state index is 0.0894. The van der Waals surface area contributed by atoms with Crippen LogP contribution in [0, 0.1) is 5.82 Å². The number of halogens is 1. The standard InChI is InChI=1S/C16H27FN2O/c1-4-15(18)16(13-9-7-8-10-14(13)17)19(5-2)11-12-20-6-3/h7-10,15-16H,4-6,11-12,18H2,1-3H3. The molecule has 0 saturated carbocycles. The maximum Gasteiger partial charge on any atom is 0.128 e. The van der Waals surface area contributed by atoms with Crippen LogP contribution in [-0.2, 0) is 4.74 Å². The van der Waals surface area contributed by atoms with Crippen molar-refractivity contribution in [2.75, 3.05) is 26.3 Å². The Bertz CT molecular complexity index is 386. The minimum Gasteiger partial charge on any atom is -0.380 e. The summed E-state index contributed by atoms with van der Waals surface area (Å²) in [6.45, 7) is 9.00. The molecule has 0 radical (unpaired) electrons. The first kappa shape index (κ1) is 17.1. The van der Waals surface area contributed by atoms with E-state index in [-0.39, 0.29) is 17.9 Å². The quantitative estimate of drug-likeness (QED) is 0.708. The average molecular weight is 282 g/mol. The van der Waals surface area contributed by atoms with Gasteiger partial charge in [-0.15, -0.1) is 0 Å². The van der Waals surface area contributed by atoms with Crippen LogP contribution in [0.2, 0.25) is 0 Å². The van der Waals surface area contributed by atoms with Crippen LogP contribution >= 0.6 is 0 Å². The van der Waals surface area contributed by atoms with Crippen molar-refractivity contribution >= 4 is 0 Å². The number of hydrogen-bond acceptors (Lipinski definition) is 3. The van der Waals surface area contributed by atoms with Crippen LogP contribution in [0.5, 0.6) is 0 Å². The van der Waals surface area contributed by atoms with E-state index in [2.05, 4.69) is 11.8 Å². The van der Waals surface area contributed by atoms with E-state index in [4.69, 9.17) is 10.5 Å². The largest absolute Gasteiger partial charge is 0.380 e. The molecule has 1 aromatic rings. The van der Waals surface area contributed by atoms with E-state index in [0.29, 0.717) is 18.8 Å². The van der Waals surface area contributed by atoms with E-state index in [9.17, 15) is 4.39 Å². The third-order valence-electron chi connectivity index (χ3n) is 3.63. The molecule has 0 bridgehead atoms. The van der Waals surface area contributed by atoms with E-state index in [0.717, 1.165) is 19.5 Å². The Kier molecular flexibility index (Phi) is 7.73. The van der Waals surface area contributed by atoms with Gasteiger partial charge in [0, 0.05) is 24.8 Å². The Morgan fingerprint density at radius 2 is 1.95 bits per heavy atom. The molecule has 0 saturated heterocycles. The van der Waals surface area contributed by atoms with Gasteiger partial charge in [0.2, 0.25) is 0 Å². The molecule has 0 aliphatic carbocycles. The predicted molar refractivity (Wildman–Crippen MR) is 81.1 cm³/mol. The van der Waals surface area contributed by atoms with Crippen molar-refractivity contribution in [1.82, 2.24) is 4.90 Å². The molecule has 0 aromatic heterocycles. The van der Waals surface area contributed by atoms with Crippen molar-refractivity contribution < 1.29 is 9.13 Å². The SMILES string of the molecule is CCOCCN(CC)C(c1ccccc1F)C(N)CC. The summed E-state index contributed by atoms with van der Waals surface area (Å²) in [6.07, 6.45) is 0.810. The summed E-state index contributed by atoms with van der Waals surface area (Å²) >= 11 is 0. The first-order valence-corrected chi connectivity index (χ1v) is 7.47. The van der Waals surface area contributed by atoms with Crippen molar-refractivity contribution in [2.45, 2.75) is 39.3 Å². The lowest BCUT2D eigenvalue weighted by molar-refractivity contribution is 0.0877. The minimum atomic E-state index is -0.184. The molecular formula is C16H27FN2O. The smallest absolute Gasteiger partial charge is 0.128 e. The number of rotatable bonds is 9. The second-order valence-electron chi connectivity index (χ2n) is 4.86. The lowest BCUT2D eigenvalue weighted by Gasteiger charge is -2.35. The van der Waals surface area contributed by atoms with Crippen molar-refractivity contribution in [1.29, 1.82) is 0 Å². The van der Waals surface area contributed by atoms with Crippen LogP contribution in [-0.4, -0.2) is 37.2 Å². The summed E-state index contributed by atoms with van der Waals surface area (Å²) in [5.41, 5.74) is 6.93. The van der Waals surface area contributed by atoms with Gasteiger partial charge in [0.15, 0.2) is 0 Å². The second-order valence-corrected chi connectivity index (χ2v) is 4.86. The number of hydrogen-bond donors (Lipinski definition) is 1. The molecule has 3 nitrogen and oxygen atoms in total. The molecule has 114 valence electrons. The van der Waals surface area contributed by atoms with Gasteiger partial charge in [0.1, 0.15) is 5.82 Å². The van der Waals surface area contributed by atoms with Gasteiger partial charge in [0.05, 0.1) is 12.6 Å². The molecule has 0 amide bonds. The van der Waals surface area contributed by atoms with Gasteiger partial charge in [-0.05, 0) is 26.0 Å². The van der Waals surface area contributed by atoms with Gasteiger partial charge in [-0.1, -0.05) is 32.0 Å². The molecule has 0 aliphatic rings. The summed E-state index contributed by atoms with van der Waals surface area (Å²) < 4.78 is 19.5. The predicted octanol–water partition coefficient (Wildman–Crippen LogP) is 2.96. The number of ether oxygens (including phenoxy) is 1. The summed E-state index contributed by atoms with van der Waals surface area (Å²) in [5, 5.41) is 0. The van der Waals surface area contributed by atoms with Crippen LogP contribution in [0.15, 0.2) is 24.3 Å². The monoisotopic (exact) mass is 282 g/mol. The zero-order valence-electron chi connectivity index (χ0n) is 12.8. The fourth-order valence-electron chi connectivity index (χ4n) is 2.46. The van der Waals surface area contributed by atoms with Crippen molar-refractivity contribution in [3.8, 4) is 0 Å². The van der Waals surface area contributed by atoms with E-state index in [1.54, 1.807) is 6.07 Å². The maximum atomic E-state index is 14.1. The molecular weight excluding hydrogens is 255 g/mol. The van der Waals surface area contributed by atoms with Crippen LogP contribution in [0.1, 0.15) is 38.8 Å². The number of nitrogens with zero attached hydrogens (tertiary/aromatic N) is 1. The fourth-order valence-corrected chi connectivity index (χ4v) is 2.46. The van der Waals surface area contributed by atoms with Crippen molar-refractivity contribution in [3.63, 3.8) is 0 Å². The first-order chi connectivity index (χ1) is 9.65. The van der Waals surface area contributed by atoms with Gasteiger partial charge >= 0.3 is 0 Å². The number of nitrogens with two attached hydrogens (primary N) is 1. The third-order valence-corrected chi connectivity index (χ3v) is 3.63. The number of likely N-dealkylation sites (N-methyl/N-ethyl adjacent to an activating group) is 1. The molecule has 0 aliphatic heterocycles. The fraction of sp³-hybridized carbons (Fsp3) is 0.625. The van der Waals surface area contributed by atoms with Crippen molar-refractivity contribution in [2.24, 2.45) is 5.73 Å². The first-order valence-electron chi connectivity index (χ1n) is 7.47. The molecule has 2 N–H and O–H groups in total. The van der Waals surface area contributed by atoms with Crippen LogP contribution < -0.4 is 5.73 Å². The summed E-state index contributed by atoms with van der Waals surface area (Å²) in [7, 11) is 0. The van der Waals surface area contributed by atoms with Crippen LogP contribution in [0.3, 0.4) is 0 Å². The highest BCUT2D eigenvalue weighted by molar-refractivity contribution is 5.23. The molecule has 1 rings (SSSR count). The van der Waals surface area contributed by atoms with Gasteiger partial charge in [-0.2, -0.15) is 0 Å². The van der Waals surface area contributed by atoms with Crippen LogP contribution in [0.4, 0.5) is 4.39 Å². The molecule has 1 aromatic carbocycles. The van der Waals surface area contributed by atoms with Crippen LogP contribution in [0.25, 0.3) is 0 Å². The summed E-state index contributed by atoms with van der Waals surface area (Å²) in [6, 6.07) is 6.72. The Morgan fingerprint density at radius 3 is 2.50 bits per heavy atom. The maximum absolute atomic E-state index is 14.1. The molecule has 0 fully saturated rings. The van der Waals surface area contributed by atoms with E-state index in [1.807, 2.05) is 26.0 Å². The Labute approximate surface area is 121 Å². The van der Waals surface area contributed by atoms with Gasteiger partial charge in [-0.25, -0.2) is 4.39 Å². The second kappa shape index (κ2) is 9.06. The van der Waals surface area contributed by atoms with Gasteiger partial charge in [0.25, 0.3) is 0 Å². The lowest BCUT2D eigenvalue weighted by Crippen LogP contribution is -2.42. The highest BCUT2D eigenvalue weighted by atomic mass is 19.1. The zero-order chi connectivity index (χ0) is 15.0. The Morgan fingerprint density at radius 1 is 1.25 bits per heavy atom. The molecule has 20 heavy (non-hydrogen) atoms. The van der Waals surface area contributed by atoms with Crippen molar-refractivity contribution in [3.05, 3.63) is 35.6 Å². The molecule has 0 spiro atoms. The lowest BCUT2D eigenvalue weighted by atomic mass is 9.95. The van der Waals surface area contributed by atoms with Gasteiger partial charge < -0.3 is 10.5 Å². The topological polar surface area (TPSA) is 38.5 Å². The molecule has 2 unspecified atom stereocenters. The molecule has 4 heteroatoms. The average Bonchev–Trinajstić information content (AvgIpc) is 2.47. The Hall–Kier alpha value is -0.970. The normalized spacial score (nSPS) is 14.5. The summed E-state index contributed by atoms with van der Waals surface area (Å²) in [5.74, 6) is -0.184. The molecule has 0 heterocycles. The molecule has 2 atom stereocenters. The van der Waals surface area contributed by atoms with E-state index < -0.39 is 0 Å². The van der Waals surface area contributed by atoms with Gasteiger partial charge in [-0.3, -0.25) is 4.90 Å². The number of benzene rings is 1. The third kappa shape index (κ3) is 4.54. The highest BCUT2D eigenvalue weighted by Gasteiger charge is 2.26. The van der Waals surface area contributed by atoms with E-state index in [1.165, 1.54) is 6.07 Å². The zero-order valence-corrected chi connectivity index (χ0v) is 12.8. The van der Waals surface area contributed by atoms with E-state index >= 15 is 0 Å². The summed E-state index contributed by atoms with van der Waals surface area (Å²) in [4.78, 5) is 2.20. The Balaban J connectivity index is 2.95. The highest BCUT2D eigenvalue weighted by Crippen LogP contribution is 2.27.